The van der Waals surface area contributed by atoms with E-state index in [-0.39, 0.29) is 35.5 Å². The normalized spacial score (nSPS) is 20.4. The highest BCUT2D eigenvalue weighted by molar-refractivity contribution is 5.79. The van der Waals surface area contributed by atoms with Gasteiger partial charge in [-0.25, -0.2) is 9.97 Å². The lowest BCUT2D eigenvalue weighted by Crippen LogP contribution is -2.54. The van der Waals surface area contributed by atoms with Gasteiger partial charge in [-0.15, -0.1) is 20.4 Å². The summed E-state index contributed by atoms with van der Waals surface area (Å²) in [7, 11) is 0. The summed E-state index contributed by atoms with van der Waals surface area (Å²) in [6, 6.07) is 25.7. The van der Waals surface area contributed by atoms with Gasteiger partial charge in [0.15, 0.2) is 11.6 Å². The number of rotatable bonds is 13. The summed E-state index contributed by atoms with van der Waals surface area (Å²) >= 11 is 0. The van der Waals surface area contributed by atoms with E-state index in [1.165, 1.54) is 0 Å². The molecule has 0 aliphatic carbocycles. The van der Waals surface area contributed by atoms with Gasteiger partial charge < -0.3 is 57.2 Å². The molecule has 6 aromatic rings. The number of anilines is 6. The zero-order valence-corrected chi connectivity index (χ0v) is 42.0. The Morgan fingerprint density at radius 1 is 0.667 bits per heavy atom. The zero-order valence-electron chi connectivity index (χ0n) is 42.0. The maximum Gasteiger partial charge on any atom is 0.237 e. The predicted octanol–water partition coefficient (Wildman–Crippen LogP) is 5.47. The number of hydrogen-bond donors (Lipinski definition) is 6. The minimum absolute atomic E-state index is 0.0681. The molecule has 5 unspecified atom stereocenters. The first kappa shape index (κ1) is 49.0. The number of nitrogens with two attached hydrogens (primary N) is 3. The fourth-order valence-electron chi connectivity index (χ4n) is 11.8. The van der Waals surface area contributed by atoms with Crippen molar-refractivity contribution in [1.29, 1.82) is 0 Å². The number of nitrogens with zero attached hydrogens (tertiary/aromatic N) is 11. The van der Waals surface area contributed by atoms with Crippen molar-refractivity contribution in [3.8, 4) is 57.7 Å². The van der Waals surface area contributed by atoms with Crippen molar-refractivity contribution in [3.05, 3.63) is 108 Å². The number of aromatic nitrogens is 6. The van der Waals surface area contributed by atoms with Gasteiger partial charge in [0.1, 0.15) is 22.9 Å². The molecule has 0 spiro atoms. The first-order chi connectivity index (χ1) is 36.6. The molecule has 75 heavy (non-hydrogen) atoms. The number of nitrogen functional groups attached to an aromatic ring is 2. The third-order valence-electron chi connectivity index (χ3n) is 15.5. The Kier molecular flexibility index (Phi) is 14.2. The minimum Gasteiger partial charge on any atom is -0.507 e. The third kappa shape index (κ3) is 10.5. The number of aromatic hydroxyl groups is 2. The number of unbranched alkanes of at least 4 members (excludes halogenated alkanes) is 3. The van der Waals surface area contributed by atoms with E-state index in [0.717, 1.165) is 113 Å². The number of para-hydroxylation sites is 2. The van der Waals surface area contributed by atoms with E-state index in [1.807, 2.05) is 67.0 Å². The van der Waals surface area contributed by atoms with Crippen molar-refractivity contribution in [2.75, 3.05) is 83.4 Å². The molecule has 5 fully saturated rings. The number of carbonyl (C=O) groups is 1. The molecule has 4 aromatic heterocycles. The van der Waals surface area contributed by atoms with Crippen LogP contribution in [0.5, 0.6) is 11.5 Å². The van der Waals surface area contributed by atoms with Crippen molar-refractivity contribution >= 4 is 40.3 Å². The van der Waals surface area contributed by atoms with E-state index in [2.05, 4.69) is 91.1 Å². The average Bonchev–Trinajstić information content (AvgIpc) is 3.86. The van der Waals surface area contributed by atoms with Gasteiger partial charge in [-0.1, -0.05) is 48.9 Å². The summed E-state index contributed by atoms with van der Waals surface area (Å²) < 4.78 is 0. The number of fused-ring (bicyclic) bond motifs is 4. The molecule has 18 heteroatoms. The molecule has 18 nitrogen and oxygen atoms in total. The first-order valence-electron chi connectivity index (χ1n) is 26.2. The Morgan fingerprint density at radius 3 is 1.84 bits per heavy atom. The summed E-state index contributed by atoms with van der Waals surface area (Å²) in [6.07, 6.45) is 12.1. The van der Waals surface area contributed by atoms with Crippen molar-refractivity contribution in [1.82, 2.24) is 40.6 Å². The molecule has 4 bridgehead atoms. The molecule has 11 rings (SSSR count). The summed E-state index contributed by atoms with van der Waals surface area (Å²) in [4.78, 5) is 32.7. The molecule has 0 saturated carbocycles. The van der Waals surface area contributed by atoms with Gasteiger partial charge in [0, 0.05) is 116 Å². The molecule has 0 radical (unpaired) electrons. The van der Waals surface area contributed by atoms with Crippen LogP contribution >= 0.6 is 0 Å². The topological polar surface area (TPSA) is 241 Å². The highest BCUT2D eigenvalue weighted by Gasteiger charge is 2.42. The van der Waals surface area contributed by atoms with Crippen LogP contribution in [0.4, 0.5) is 34.4 Å². The van der Waals surface area contributed by atoms with Gasteiger partial charge >= 0.3 is 0 Å². The van der Waals surface area contributed by atoms with Crippen LogP contribution in [0.15, 0.2) is 91.3 Å². The van der Waals surface area contributed by atoms with Crippen LogP contribution in [0.25, 0.3) is 22.5 Å². The second-order valence-corrected chi connectivity index (χ2v) is 20.3. The maximum absolute atomic E-state index is 12.2. The van der Waals surface area contributed by atoms with Gasteiger partial charge in [0.2, 0.25) is 5.91 Å². The quantitative estimate of drug-likeness (QED) is 0.0621. The summed E-state index contributed by atoms with van der Waals surface area (Å²) in [5.41, 5.74) is 28.0. The van der Waals surface area contributed by atoms with E-state index in [0.29, 0.717) is 83.5 Å². The number of carbonyl (C=O) groups excluding carboxylic acids is 1. The lowest BCUT2D eigenvalue weighted by Gasteiger charge is -2.43. The molecule has 5 saturated heterocycles. The summed E-state index contributed by atoms with van der Waals surface area (Å²) in [5, 5.41) is 42.6. The molecule has 384 valence electrons. The van der Waals surface area contributed by atoms with Crippen molar-refractivity contribution < 1.29 is 15.0 Å². The lowest BCUT2D eigenvalue weighted by atomic mass is 9.96. The molecule has 9 N–H and O–H groups in total. The summed E-state index contributed by atoms with van der Waals surface area (Å²) in [6.45, 7) is 5.27. The second-order valence-electron chi connectivity index (χ2n) is 20.3. The Labute approximate surface area is 437 Å². The van der Waals surface area contributed by atoms with Crippen molar-refractivity contribution in [2.24, 2.45) is 5.73 Å². The van der Waals surface area contributed by atoms with Crippen LogP contribution in [-0.4, -0.2) is 128 Å². The monoisotopic (exact) mass is 1010 g/mol. The van der Waals surface area contributed by atoms with Gasteiger partial charge in [-0.3, -0.25) is 4.79 Å². The number of phenols is 2. The minimum atomic E-state index is -0.360. The Morgan fingerprint density at radius 2 is 1.24 bits per heavy atom. The van der Waals surface area contributed by atoms with Crippen LogP contribution in [-0.2, 0) is 4.79 Å². The van der Waals surface area contributed by atoms with Gasteiger partial charge in [-0.05, 0) is 105 Å². The molecule has 2 aromatic carbocycles. The highest BCUT2D eigenvalue weighted by atomic mass is 16.3. The number of pyridine rings is 2. The van der Waals surface area contributed by atoms with Crippen molar-refractivity contribution in [3.63, 3.8) is 0 Å². The lowest BCUT2D eigenvalue weighted by molar-refractivity contribution is -0.131. The molecule has 5 aliphatic heterocycles. The van der Waals surface area contributed by atoms with Crippen molar-refractivity contribution in [2.45, 2.75) is 88.0 Å². The Balaban J connectivity index is 0.663. The number of hydrogen-bond acceptors (Lipinski definition) is 17. The molecular formula is C57H63N15O3. The smallest absolute Gasteiger partial charge is 0.237 e. The number of benzene rings is 2. The number of nitrogens with one attached hydrogen (secondary N) is 1. The van der Waals surface area contributed by atoms with E-state index in [1.54, 1.807) is 17.0 Å². The van der Waals surface area contributed by atoms with E-state index in [4.69, 9.17) is 17.2 Å². The second kappa shape index (κ2) is 21.7. The Bertz CT molecular complexity index is 3180. The van der Waals surface area contributed by atoms with Gasteiger partial charge in [0.25, 0.3) is 0 Å². The zero-order chi connectivity index (χ0) is 51.4. The SMILES string of the molecule is Nc1nnc(-c2ccccc2O)cc1N1CC2CCC(C1)N2c1ccnc(C#CCCCCCC(N)c2cccc(-c3cc(N4CC5CCC(C4)N5c4ccnc(C#CCN5CCNCC5=O)c4)c(N)nn3)c2O)c1. The standard InChI is InChI=1S/C57H63N15O3/c58-48(15-5-3-1-2-4-10-37-28-39(21-23-62-37)71-41-17-18-42(71)34-69(33-41)51-30-49(64-66-56(51)59)46-12-6-7-16-53(46)73)45-13-8-14-47(55(45)75)50-31-52(57(60)67-65-50)70-35-43-19-20-44(36-70)72(43)40-22-24-63-38(29-40)11-9-26-68-27-25-61-32-54(68)74/h6-8,12-14,16,21-24,28-31,41-44,48,61,73,75H,1-3,5,15,17-20,25-27,32-36,58H2,(H2,59,66)(H2,60,67). The molecule has 9 heterocycles. The van der Waals surface area contributed by atoms with Crippen LogP contribution in [0, 0.1) is 23.7 Å². The molecule has 5 atom stereocenters. The van der Waals surface area contributed by atoms with Crippen LogP contribution in [0.2, 0.25) is 0 Å². The fraction of sp³-hybridized carbons (Fsp3) is 0.386. The van der Waals surface area contributed by atoms with E-state index in [9.17, 15) is 15.0 Å². The molecule has 5 aliphatic rings. The predicted molar refractivity (Wildman–Crippen MR) is 292 cm³/mol. The Hall–Kier alpha value is -8.19. The van der Waals surface area contributed by atoms with Gasteiger partial charge in [-0.2, -0.15) is 0 Å². The summed E-state index contributed by atoms with van der Waals surface area (Å²) in [5.74, 6) is 14.1. The first-order valence-corrected chi connectivity index (χ1v) is 26.2. The number of amides is 1. The molecular weight excluding hydrogens is 943 g/mol. The van der Waals surface area contributed by atoms with Crippen LogP contribution in [0.3, 0.4) is 0 Å². The number of piperazine rings is 3. The van der Waals surface area contributed by atoms with Crippen LogP contribution < -0.4 is 42.1 Å². The van der Waals surface area contributed by atoms with E-state index >= 15 is 0 Å². The average molecular weight is 1010 g/mol. The third-order valence-corrected chi connectivity index (χ3v) is 15.5. The van der Waals surface area contributed by atoms with E-state index < -0.39 is 0 Å². The van der Waals surface area contributed by atoms with Gasteiger partial charge in [0.05, 0.1) is 35.9 Å². The highest BCUT2D eigenvalue weighted by Crippen LogP contribution is 2.42. The van der Waals surface area contributed by atoms with Crippen LogP contribution in [0.1, 0.15) is 80.8 Å². The largest absolute Gasteiger partial charge is 0.507 e. The maximum atomic E-state index is 12.2. The fourth-order valence-corrected chi connectivity index (χ4v) is 11.8. The molecule has 1 amide bonds. The number of phenolic OH excluding ortho intramolecular Hbond substituents is 2.